The third kappa shape index (κ3) is 2.04. The molecule has 5 nitrogen and oxygen atoms in total. The van der Waals surface area contributed by atoms with Crippen molar-refractivity contribution in [2.75, 3.05) is 13.6 Å². The van der Waals surface area contributed by atoms with Gasteiger partial charge in [0.05, 0.1) is 0 Å². The first-order valence-electron chi connectivity index (χ1n) is 4.83. The Hall–Kier alpha value is -1.10. The number of hydroxylamine groups is 2. The van der Waals surface area contributed by atoms with E-state index in [1.807, 2.05) is 6.92 Å². The van der Waals surface area contributed by atoms with Crippen LogP contribution in [-0.2, 0) is 9.59 Å². The molecule has 1 fully saturated rings. The number of amides is 2. The van der Waals surface area contributed by atoms with Crippen molar-refractivity contribution in [2.24, 2.45) is 0 Å². The van der Waals surface area contributed by atoms with Crippen LogP contribution in [0.4, 0.5) is 0 Å². The fourth-order valence-electron chi connectivity index (χ4n) is 1.74. The Kier molecular flexibility index (Phi) is 3.46. The summed E-state index contributed by atoms with van der Waals surface area (Å²) < 4.78 is 0. The Morgan fingerprint density at radius 1 is 1.71 bits per heavy atom. The molecule has 0 aromatic rings. The molecule has 0 spiro atoms. The lowest BCUT2D eigenvalue weighted by Crippen LogP contribution is -2.46. The lowest BCUT2D eigenvalue weighted by Gasteiger charge is -2.27. The van der Waals surface area contributed by atoms with Gasteiger partial charge in [0.15, 0.2) is 0 Å². The van der Waals surface area contributed by atoms with E-state index in [4.69, 9.17) is 5.21 Å². The minimum absolute atomic E-state index is 0.00653. The predicted octanol–water partition coefficient (Wildman–Crippen LogP) is 0.235. The average Bonchev–Trinajstić information content (AvgIpc) is 2.53. The number of nitrogens with zero attached hydrogens (tertiary/aromatic N) is 2. The topological polar surface area (TPSA) is 60.9 Å². The zero-order valence-corrected chi connectivity index (χ0v) is 8.56. The van der Waals surface area contributed by atoms with Gasteiger partial charge in [0.1, 0.15) is 6.04 Å². The summed E-state index contributed by atoms with van der Waals surface area (Å²) in [6.45, 7) is 2.45. The van der Waals surface area contributed by atoms with Gasteiger partial charge in [-0.2, -0.15) is 0 Å². The van der Waals surface area contributed by atoms with Crippen molar-refractivity contribution in [1.82, 2.24) is 9.96 Å². The van der Waals surface area contributed by atoms with Crippen molar-refractivity contribution < 1.29 is 14.8 Å². The zero-order chi connectivity index (χ0) is 10.7. The zero-order valence-electron chi connectivity index (χ0n) is 8.56. The fourth-order valence-corrected chi connectivity index (χ4v) is 1.74. The molecule has 0 aliphatic carbocycles. The summed E-state index contributed by atoms with van der Waals surface area (Å²) in [5, 5.41) is 9.57. The Labute approximate surface area is 83.2 Å². The molecule has 2 amide bonds. The molecule has 1 aliphatic heterocycles. The fraction of sp³-hybridized carbons (Fsp3) is 0.778. The lowest BCUT2D eigenvalue weighted by atomic mass is 10.2. The molecular formula is C9H16N2O3. The van der Waals surface area contributed by atoms with E-state index in [0.717, 1.165) is 6.42 Å². The van der Waals surface area contributed by atoms with Crippen molar-refractivity contribution >= 4 is 11.8 Å². The van der Waals surface area contributed by atoms with Gasteiger partial charge in [-0.25, -0.2) is 5.06 Å². The van der Waals surface area contributed by atoms with Crippen LogP contribution in [0.2, 0.25) is 0 Å². The maximum Gasteiger partial charge on any atom is 0.268 e. The van der Waals surface area contributed by atoms with Crippen molar-refractivity contribution in [3.8, 4) is 0 Å². The Morgan fingerprint density at radius 3 is 2.71 bits per heavy atom. The summed E-state index contributed by atoms with van der Waals surface area (Å²) in [5.41, 5.74) is 0. The van der Waals surface area contributed by atoms with E-state index in [1.54, 1.807) is 4.90 Å². The normalized spacial score (nSPS) is 18.5. The summed E-state index contributed by atoms with van der Waals surface area (Å²) in [6, 6.07) is -0.500. The van der Waals surface area contributed by atoms with Gasteiger partial charge in [0.25, 0.3) is 5.91 Å². The molecule has 0 aromatic carbocycles. The highest BCUT2D eigenvalue weighted by atomic mass is 16.5. The summed E-state index contributed by atoms with van der Waals surface area (Å²) in [5.74, 6) is -0.408. The third-order valence-electron chi connectivity index (χ3n) is 2.48. The largest absolute Gasteiger partial charge is 0.331 e. The van der Waals surface area contributed by atoms with Crippen LogP contribution >= 0.6 is 0 Å². The van der Waals surface area contributed by atoms with Crippen LogP contribution in [0.3, 0.4) is 0 Å². The van der Waals surface area contributed by atoms with Gasteiger partial charge in [-0.1, -0.05) is 6.92 Å². The summed E-state index contributed by atoms with van der Waals surface area (Å²) in [4.78, 5) is 24.4. The van der Waals surface area contributed by atoms with Crippen LogP contribution in [0, 0.1) is 0 Å². The number of carbonyl (C=O) groups excluding carboxylic acids is 2. The maximum absolute atomic E-state index is 11.5. The monoisotopic (exact) mass is 200 g/mol. The van der Waals surface area contributed by atoms with Crippen LogP contribution in [0.15, 0.2) is 0 Å². The number of hydrogen-bond donors (Lipinski definition) is 1. The third-order valence-corrected chi connectivity index (χ3v) is 2.48. The lowest BCUT2D eigenvalue weighted by molar-refractivity contribution is -0.167. The average molecular weight is 200 g/mol. The van der Waals surface area contributed by atoms with E-state index in [9.17, 15) is 9.59 Å². The number of hydrogen-bond acceptors (Lipinski definition) is 3. The molecule has 1 atom stereocenters. The van der Waals surface area contributed by atoms with Gasteiger partial charge in [0, 0.05) is 20.0 Å². The van der Waals surface area contributed by atoms with Crippen molar-refractivity contribution in [3.63, 3.8) is 0 Å². The Morgan fingerprint density at radius 2 is 2.36 bits per heavy atom. The standard InChI is InChI=1S/C9H16N2O3/c1-3-7(9(13)10(2)14)11-6-4-5-8(11)12/h7,14H,3-6H2,1-2H3/t7-/m0/s1. The molecule has 0 unspecified atom stereocenters. The van der Waals surface area contributed by atoms with Crippen LogP contribution in [0.25, 0.3) is 0 Å². The van der Waals surface area contributed by atoms with Crippen LogP contribution < -0.4 is 0 Å². The van der Waals surface area contributed by atoms with E-state index in [2.05, 4.69) is 0 Å². The summed E-state index contributed by atoms with van der Waals surface area (Å²) in [7, 11) is 1.28. The molecule has 80 valence electrons. The second kappa shape index (κ2) is 4.41. The Bertz CT molecular complexity index is 240. The van der Waals surface area contributed by atoms with Gasteiger partial charge in [-0.05, 0) is 12.8 Å². The molecule has 14 heavy (non-hydrogen) atoms. The van der Waals surface area contributed by atoms with Crippen LogP contribution in [-0.4, -0.2) is 46.6 Å². The van der Waals surface area contributed by atoms with Crippen molar-refractivity contribution in [3.05, 3.63) is 0 Å². The second-order valence-electron chi connectivity index (χ2n) is 3.48. The second-order valence-corrected chi connectivity index (χ2v) is 3.48. The Balaban J connectivity index is 2.70. The van der Waals surface area contributed by atoms with Gasteiger partial charge in [-0.15, -0.1) is 0 Å². The van der Waals surface area contributed by atoms with Gasteiger partial charge in [0.2, 0.25) is 5.91 Å². The van der Waals surface area contributed by atoms with E-state index < -0.39 is 11.9 Å². The molecule has 0 saturated carbocycles. The molecule has 1 N–H and O–H groups in total. The highest BCUT2D eigenvalue weighted by Crippen LogP contribution is 2.16. The predicted molar refractivity (Wildman–Crippen MR) is 49.6 cm³/mol. The first-order valence-corrected chi connectivity index (χ1v) is 4.83. The SMILES string of the molecule is CC[C@@H](C(=O)N(C)O)N1CCCC1=O. The van der Waals surface area contributed by atoms with E-state index in [-0.39, 0.29) is 5.91 Å². The number of likely N-dealkylation sites (tertiary alicyclic amines) is 1. The van der Waals surface area contributed by atoms with E-state index in [0.29, 0.717) is 24.4 Å². The molecule has 5 heteroatoms. The van der Waals surface area contributed by atoms with Crippen molar-refractivity contribution in [2.45, 2.75) is 32.2 Å². The van der Waals surface area contributed by atoms with Crippen molar-refractivity contribution in [1.29, 1.82) is 0 Å². The van der Waals surface area contributed by atoms with Crippen LogP contribution in [0.5, 0.6) is 0 Å². The quantitative estimate of drug-likeness (QED) is 0.524. The molecule has 0 bridgehead atoms. The van der Waals surface area contributed by atoms with E-state index >= 15 is 0 Å². The molecule has 1 heterocycles. The molecule has 1 aliphatic rings. The smallest absolute Gasteiger partial charge is 0.268 e. The minimum Gasteiger partial charge on any atom is -0.331 e. The maximum atomic E-state index is 11.5. The molecule has 0 radical (unpaired) electrons. The van der Waals surface area contributed by atoms with Gasteiger partial charge in [-0.3, -0.25) is 14.8 Å². The highest BCUT2D eigenvalue weighted by molar-refractivity contribution is 5.87. The number of likely N-dealkylation sites (N-methyl/N-ethyl adjacent to an activating group) is 1. The number of rotatable bonds is 3. The van der Waals surface area contributed by atoms with Gasteiger partial charge < -0.3 is 4.90 Å². The van der Waals surface area contributed by atoms with Crippen LogP contribution in [0.1, 0.15) is 26.2 Å². The van der Waals surface area contributed by atoms with Gasteiger partial charge >= 0.3 is 0 Å². The number of carbonyl (C=O) groups is 2. The molecule has 1 rings (SSSR count). The summed E-state index contributed by atoms with van der Waals surface area (Å²) >= 11 is 0. The first kappa shape index (κ1) is 11.0. The first-order chi connectivity index (χ1) is 6.57. The minimum atomic E-state index is -0.500. The highest BCUT2D eigenvalue weighted by Gasteiger charge is 2.32. The molecule has 1 saturated heterocycles. The molecular weight excluding hydrogens is 184 g/mol. The van der Waals surface area contributed by atoms with E-state index in [1.165, 1.54) is 7.05 Å². The molecule has 0 aromatic heterocycles. The summed E-state index contributed by atoms with van der Waals surface area (Å²) in [6.07, 6.45) is 1.85.